The van der Waals surface area contributed by atoms with Crippen molar-refractivity contribution in [1.29, 1.82) is 0 Å². The maximum atomic E-state index is 11.5. The van der Waals surface area contributed by atoms with E-state index in [1.165, 1.54) is 0 Å². The third-order valence-corrected chi connectivity index (χ3v) is 3.45. The molecule has 2 rings (SSSR count). The first-order chi connectivity index (χ1) is 9.38. The van der Waals surface area contributed by atoms with Crippen LogP contribution >= 0.6 is 0 Å². The molecule has 7 nitrogen and oxygen atoms in total. The lowest BCUT2D eigenvalue weighted by Crippen LogP contribution is -2.68. The number of aliphatic carboxylic acids is 1. The van der Waals surface area contributed by atoms with Gasteiger partial charge in [0.25, 0.3) is 0 Å². The van der Waals surface area contributed by atoms with E-state index in [2.05, 4.69) is 0 Å². The number of aliphatic hydroxyl groups is 4. The topological polar surface area (TPSA) is 127 Å². The molecule has 0 saturated carbocycles. The van der Waals surface area contributed by atoms with Gasteiger partial charge in [-0.2, -0.15) is 0 Å². The Morgan fingerprint density at radius 3 is 2.25 bits per heavy atom. The number of carboxylic acids is 1. The number of carboxylic acid groups (broad SMARTS) is 1. The van der Waals surface area contributed by atoms with Crippen molar-refractivity contribution in [2.45, 2.75) is 36.6 Å². The Balaban J connectivity index is 2.36. The highest BCUT2D eigenvalue weighted by Gasteiger charge is 2.58. The summed E-state index contributed by atoms with van der Waals surface area (Å²) in [5, 5.41) is 48.0. The Bertz CT molecular complexity index is 477. The molecule has 5 atom stereocenters. The number of hydrogen-bond acceptors (Lipinski definition) is 6. The molecule has 0 amide bonds. The molecule has 1 aliphatic rings. The predicted molar refractivity (Wildman–Crippen MR) is 65.6 cm³/mol. The molecule has 1 unspecified atom stereocenters. The van der Waals surface area contributed by atoms with Gasteiger partial charge < -0.3 is 30.3 Å². The van der Waals surface area contributed by atoms with E-state index in [9.17, 15) is 30.3 Å². The molecular formula is C13H16O7. The van der Waals surface area contributed by atoms with E-state index in [-0.39, 0.29) is 6.42 Å². The average molecular weight is 284 g/mol. The fourth-order valence-corrected chi connectivity index (χ4v) is 2.28. The van der Waals surface area contributed by atoms with E-state index < -0.39 is 36.2 Å². The quantitative estimate of drug-likeness (QED) is 0.456. The summed E-state index contributed by atoms with van der Waals surface area (Å²) in [4.78, 5) is 11.5. The Morgan fingerprint density at radius 1 is 1.10 bits per heavy atom. The van der Waals surface area contributed by atoms with Crippen LogP contribution in [-0.4, -0.2) is 61.7 Å². The Labute approximate surface area is 114 Å². The average Bonchev–Trinajstić information content (AvgIpc) is 2.43. The first kappa shape index (κ1) is 14.9. The molecule has 1 fully saturated rings. The zero-order valence-corrected chi connectivity index (χ0v) is 10.5. The molecule has 0 aromatic heterocycles. The minimum atomic E-state index is -2.22. The first-order valence-electron chi connectivity index (χ1n) is 6.06. The Kier molecular flexibility index (Phi) is 4.07. The molecule has 1 aromatic carbocycles. The van der Waals surface area contributed by atoms with Gasteiger partial charge in [-0.3, -0.25) is 0 Å². The molecule has 110 valence electrons. The molecule has 5 N–H and O–H groups in total. The standard InChI is InChI=1S/C13H16O7/c14-8-9(15)11(17)20-13(10(8)16,12(18)19)6-7-4-2-1-3-5-7/h1-5,8-11,14-17H,6H2,(H,18,19)/t8-,9-,10+,11?,13+/m1/s1. The fraction of sp³-hybridized carbons (Fsp3) is 0.462. The largest absolute Gasteiger partial charge is 0.479 e. The second kappa shape index (κ2) is 5.47. The molecule has 7 heteroatoms. The van der Waals surface area contributed by atoms with E-state index in [0.717, 1.165) is 0 Å². The molecule has 1 saturated heterocycles. The van der Waals surface area contributed by atoms with Crippen molar-refractivity contribution < 1.29 is 35.1 Å². The third-order valence-electron chi connectivity index (χ3n) is 3.45. The molecule has 0 radical (unpaired) electrons. The maximum absolute atomic E-state index is 11.5. The number of ether oxygens (including phenoxy) is 1. The summed E-state index contributed by atoms with van der Waals surface area (Å²) in [5.41, 5.74) is -1.68. The van der Waals surface area contributed by atoms with Crippen LogP contribution in [0.25, 0.3) is 0 Å². The van der Waals surface area contributed by atoms with Crippen molar-refractivity contribution in [2.24, 2.45) is 0 Å². The van der Waals surface area contributed by atoms with Crippen molar-refractivity contribution in [2.75, 3.05) is 0 Å². The van der Waals surface area contributed by atoms with Crippen LogP contribution in [0.3, 0.4) is 0 Å². The van der Waals surface area contributed by atoms with E-state index in [4.69, 9.17) is 4.74 Å². The normalized spacial score (nSPS) is 37.6. The lowest BCUT2D eigenvalue weighted by Gasteiger charge is -2.44. The second-order valence-electron chi connectivity index (χ2n) is 4.79. The molecule has 0 aliphatic carbocycles. The summed E-state index contributed by atoms with van der Waals surface area (Å²) < 4.78 is 4.93. The van der Waals surface area contributed by atoms with Crippen LogP contribution in [0.15, 0.2) is 30.3 Å². The molecule has 0 spiro atoms. The summed E-state index contributed by atoms with van der Waals surface area (Å²) >= 11 is 0. The monoisotopic (exact) mass is 284 g/mol. The van der Waals surface area contributed by atoms with Gasteiger partial charge in [-0.15, -0.1) is 0 Å². The number of rotatable bonds is 3. The molecule has 1 heterocycles. The molecule has 1 aromatic rings. The van der Waals surface area contributed by atoms with E-state index in [1.807, 2.05) is 0 Å². The van der Waals surface area contributed by atoms with Gasteiger partial charge in [-0.05, 0) is 5.56 Å². The molecule has 0 bridgehead atoms. The van der Waals surface area contributed by atoms with Gasteiger partial charge in [0.1, 0.15) is 18.3 Å². The number of carbonyl (C=O) groups is 1. The van der Waals surface area contributed by atoms with Gasteiger partial charge in [0.05, 0.1) is 0 Å². The highest BCUT2D eigenvalue weighted by atomic mass is 16.7. The van der Waals surface area contributed by atoms with Crippen LogP contribution < -0.4 is 0 Å². The van der Waals surface area contributed by atoms with E-state index >= 15 is 0 Å². The van der Waals surface area contributed by atoms with Crippen LogP contribution in [-0.2, 0) is 16.0 Å². The minimum absolute atomic E-state index is 0.259. The van der Waals surface area contributed by atoms with Crippen molar-refractivity contribution in [3.63, 3.8) is 0 Å². The van der Waals surface area contributed by atoms with Gasteiger partial charge in [0.2, 0.25) is 0 Å². The van der Waals surface area contributed by atoms with Crippen LogP contribution in [0.4, 0.5) is 0 Å². The minimum Gasteiger partial charge on any atom is -0.479 e. The summed E-state index contributed by atoms with van der Waals surface area (Å²) in [5.74, 6) is -1.53. The summed E-state index contributed by atoms with van der Waals surface area (Å²) in [7, 11) is 0. The highest BCUT2D eigenvalue weighted by molar-refractivity contribution is 5.79. The Hall–Kier alpha value is -1.51. The van der Waals surface area contributed by atoms with Crippen LogP contribution in [0.5, 0.6) is 0 Å². The van der Waals surface area contributed by atoms with Gasteiger partial charge in [0, 0.05) is 6.42 Å². The lowest BCUT2D eigenvalue weighted by molar-refractivity contribution is -0.314. The van der Waals surface area contributed by atoms with Gasteiger partial charge in [-0.1, -0.05) is 30.3 Å². The maximum Gasteiger partial charge on any atom is 0.339 e. The van der Waals surface area contributed by atoms with Crippen molar-refractivity contribution >= 4 is 5.97 Å². The second-order valence-corrected chi connectivity index (χ2v) is 4.79. The van der Waals surface area contributed by atoms with Crippen molar-refractivity contribution in [3.8, 4) is 0 Å². The first-order valence-corrected chi connectivity index (χ1v) is 6.06. The van der Waals surface area contributed by atoms with Crippen molar-refractivity contribution in [3.05, 3.63) is 35.9 Å². The highest BCUT2D eigenvalue weighted by Crippen LogP contribution is 2.32. The van der Waals surface area contributed by atoms with Crippen molar-refractivity contribution in [1.82, 2.24) is 0 Å². The smallest absolute Gasteiger partial charge is 0.339 e. The number of hydrogen-bond donors (Lipinski definition) is 5. The number of aliphatic hydroxyl groups excluding tert-OH is 4. The van der Waals surface area contributed by atoms with E-state index in [0.29, 0.717) is 5.56 Å². The number of benzene rings is 1. The molecule has 20 heavy (non-hydrogen) atoms. The molecule has 1 aliphatic heterocycles. The van der Waals surface area contributed by atoms with Crippen LogP contribution in [0.2, 0.25) is 0 Å². The zero-order valence-electron chi connectivity index (χ0n) is 10.5. The lowest BCUT2D eigenvalue weighted by atomic mass is 9.82. The zero-order chi connectivity index (χ0) is 14.9. The fourth-order valence-electron chi connectivity index (χ4n) is 2.28. The summed E-state index contributed by atoms with van der Waals surface area (Å²) in [6.07, 6.45) is -7.62. The third kappa shape index (κ3) is 2.41. The molecular weight excluding hydrogens is 268 g/mol. The van der Waals surface area contributed by atoms with Crippen LogP contribution in [0, 0.1) is 0 Å². The summed E-state index contributed by atoms with van der Waals surface area (Å²) in [6.45, 7) is 0. The predicted octanol–water partition coefficient (Wildman–Crippen LogP) is -1.52. The SMILES string of the molecule is O=C(O)[C@@]1(Cc2ccccc2)OC(O)[C@H](O)[C@@H](O)[C@@H]1O. The van der Waals surface area contributed by atoms with Gasteiger partial charge in [0.15, 0.2) is 11.9 Å². The van der Waals surface area contributed by atoms with Gasteiger partial charge >= 0.3 is 5.97 Å². The summed E-state index contributed by atoms with van der Waals surface area (Å²) in [6, 6.07) is 8.36. The Morgan fingerprint density at radius 2 is 1.70 bits per heavy atom. The van der Waals surface area contributed by atoms with E-state index in [1.54, 1.807) is 30.3 Å². The van der Waals surface area contributed by atoms with Crippen LogP contribution in [0.1, 0.15) is 5.56 Å². The van der Waals surface area contributed by atoms with Gasteiger partial charge in [-0.25, -0.2) is 4.79 Å².